The number of rotatable bonds is 7. The van der Waals surface area contributed by atoms with E-state index in [9.17, 15) is 17.2 Å². The van der Waals surface area contributed by atoms with Crippen LogP contribution in [0.25, 0.3) is 0 Å². The molecule has 0 radical (unpaired) electrons. The van der Waals surface area contributed by atoms with E-state index >= 15 is 0 Å². The monoisotopic (exact) mass is 293 g/mol. The van der Waals surface area contributed by atoms with Crippen LogP contribution in [0, 0.1) is 5.92 Å². The second kappa shape index (κ2) is 6.81. The van der Waals surface area contributed by atoms with Crippen LogP contribution in [-0.2, 0) is 14.6 Å². The van der Waals surface area contributed by atoms with Crippen LogP contribution in [0.1, 0.15) is 6.92 Å². The van der Waals surface area contributed by atoms with Crippen LogP contribution in [0.5, 0.6) is 0 Å². The van der Waals surface area contributed by atoms with E-state index in [2.05, 4.69) is 5.32 Å². The van der Waals surface area contributed by atoms with Gasteiger partial charge < -0.3 is 10.1 Å². The maximum atomic E-state index is 12.3. The molecular weight excluding hydrogens is 276 g/mol. The molecule has 0 spiro atoms. The highest BCUT2D eigenvalue weighted by Gasteiger charge is 2.26. The summed E-state index contributed by atoms with van der Waals surface area (Å²) in [7, 11) is -2.90. The Morgan fingerprint density at radius 2 is 1.84 bits per heavy atom. The van der Waals surface area contributed by atoms with Gasteiger partial charge in [0.25, 0.3) is 0 Å². The molecule has 7 heteroatoms. The molecule has 0 heterocycles. The average Bonchev–Trinajstić information content (AvgIpc) is 2.37. The predicted octanol–water partition coefficient (Wildman–Crippen LogP) is 2.38. The number of hydrogen-bond acceptors (Lipinski definition) is 4. The van der Waals surface area contributed by atoms with Crippen LogP contribution in [0.3, 0.4) is 0 Å². The summed E-state index contributed by atoms with van der Waals surface area (Å²) < 4.78 is 52.0. The van der Waals surface area contributed by atoms with E-state index in [0.717, 1.165) is 0 Å². The maximum absolute atomic E-state index is 12.3. The number of anilines is 1. The van der Waals surface area contributed by atoms with Gasteiger partial charge in [0, 0.05) is 19.3 Å². The SMILES string of the molecule is COCC(C)CNc1ccc(S(=O)(=O)C(F)F)cc1. The van der Waals surface area contributed by atoms with Gasteiger partial charge in [-0.2, -0.15) is 8.78 Å². The van der Waals surface area contributed by atoms with Crippen LogP contribution in [0.2, 0.25) is 0 Å². The number of hydrogen-bond donors (Lipinski definition) is 1. The molecule has 0 saturated carbocycles. The first-order valence-corrected chi connectivity index (χ1v) is 7.27. The van der Waals surface area contributed by atoms with Gasteiger partial charge in [-0.3, -0.25) is 0 Å². The fourth-order valence-electron chi connectivity index (χ4n) is 1.50. The van der Waals surface area contributed by atoms with Crippen LogP contribution in [0.4, 0.5) is 14.5 Å². The third-order valence-corrected chi connectivity index (χ3v) is 3.92. The quantitative estimate of drug-likeness (QED) is 0.838. The topological polar surface area (TPSA) is 55.4 Å². The van der Waals surface area contributed by atoms with Crippen LogP contribution in [0.15, 0.2) is 29.2 Å². The molecule has 0 aliphatic heterocycles. The van der Waals surface area contributed by atoms with Gasteiger partial charge in [0.2, 0.25) is 9.84 Å². The molecule has 0 amide bonds. The first-order chi connectivity index (χ1) is 8.87. The fourth-order valence-corrected chi connectivity index (χ4v) is 2.22. The Morgan fingerprint density at radius 1 is 1.26 bits per heavy atom. The Morgan fingerprint density at radius 3 is 2.32 bits per heavy atom. The van der Waals surface area contributed by atoms with Crippen molar-refractivity contribution in [2.45, 2.75) is 17.6 Å². The largest absolute Gasteiger partial charge is 0.385 e. The van der Waals surface area contributed by atoms with Crippen LogP contribution >= 0.6 is 0 Å². The second-order valence-corrected chi connectivity index (χ2v) is 6.19. The molecule has 0 aliphatic carbocycles. The van der Waals surface area contributed by atoms with Crippen molar-refractivity contribution in [2.24, 2.45) is 5.92 Å². The first kappa shape index (κ1) is 15.8. The second-order valence-electron chi connectivity index (χ2n) is 4.27. The number of halogens is 2. The zero-order valence-corrected chi connectivity index (χ0v) is 11.6. The van der Waals surface area contributed by atoms with Crippen LogP contribution < -0.4 is 5.32 Å². The first-order valence-electron chi connectivity index (χ1n) is 5.73. The summed E-state index contributed by atoms with van der Waals surface area (Å²) in [6, 6.07) is 5.28. The lowest BCUT2D eigenvalue weighted by Crippen LogP contribution is -2.16. The summed E-state index contributed by atoms with van der Waals surface area (Å²) in [6.45, 7) is 3.24. The predicted molar refractivity (Wildman–Crippen MR) is 69.2 cm³/mol. The Labute approximate surface area is 111 Å². The maximum Gasteiger partial charge on any atom is 0.341 e. The number of nitrogens with one attached hydrogen (secondary N) is 1. The van der Waals surface area contributed by atoms with Crippen molar-refractivity contribution < 1.29 is 21.9 Å². The molecule has 0 aliphatic rings. The highest BCUT2D eigenvalue weighted by molar-refractivity contribution is 7.91. The minimum absolute atomic E-state index is 0.287. The standard InChI is InChI=1S/C12H17F2NO3S/c1-9(8-18-2)7-15-10-3-5-11(6-4-10)19(16,17)12(13)14/h3-6,9,12,15H,7-8H2,1-2H3. The van der Waals surface area contributed by atoms with Crippen molar-refractivity contribution in [3.8, 4) is 0 Å². The molecule has 1 aromatic rings. The minimum atomic E-state index is -4.51. The smallest absolute Gasteiger partial charge is 0.341 e. The Balaban J connectivity index is 2.67. The number of ether oxygens (including phenoxy) is 1. The minimum Gasteiger partial charge on any atom is -0.385 e. The van der Waals surface area contributed by atoms with E-state index in [0.29, 0.717) is 18.8 Å². The van der Waals surface area contributed by atoms with E-state index in [1.54, 1.807) is 7.11 Å². The van der Waals surface area contributed by atoms with Gasteiger partial charge in [0.1, 0.15) is 0 Å². The lowest BCUT2D eigenvalue weighted by Gasteiger charge is -2.12. The summed E-state index contributed by atoms with van der Waals surface area (Å²) in [5.74, 6) is -3.11. The van der Waals surface area contributed by atoms with E-state index in [1.165, 1.54) is 24.3 Å². The van der Waals surface area contributed by atoms with Crippen molar-refractivity contribution in [2.75, 3.05) is 25.6 Å². The zero-order chi connectivity index (χ0) is 14.5. The molecule has 4 nitrogen and oxygen atoms in total. The van der Waals surface area contributed by atoms with Crippen LogP contribution in [-0.4, -0.2) is 34.4 Å². The van der Waals surface area contributed by atoms with Crippen molar-refractivity contribution >= 4 is 15.5 Å². The van der Waals surface area contributed by atoms with Gasteiger partial charge in [0.15, 0.2) is 0 Å². The Hall–Kier alpha value is -1.21. The van der Waals surface area contributed by atoms with Crippen molar-refractivity contribution in [1.82, 2.24) is 0 Å². The molecule has 1 unspecified atom stereocenters. The van der Waals surface area contributed by atoms with E-state index < -0.39 is 15.6 Å². The summed E-state index contributed by atoms with van der Waals surface area (Å²) in [6.07, 6.45) is 0. The van der Waals surface area contributed by atoms with Crippen molar-refractivity contribution in [1.29, 1.82) is 0 Å². The van der Waals surface area contributed by atoms with Crippen molar-refractivity contribution in [3.05, 3.63) is 24.3 Å². The normalized spacial score (nSPS) is 13.5. The Bertz CT molecular complexity index is 488. The Kier molecular flexibility index (Phi) is 5.68. The summed E-state index contributed by atoms with van der Waals surface area (Å²) in [5.41, 5.74) is 0.677. The molecule has 1 aromatic carbocycles. The number of alkyl halides is 2. The molecule has 1 atom stereocenters. The van der Waals surface area contributed by atoms with Gasteiger partial charge in [0.05, 0.1) is 11.5 Å². The van der Waals surface area contributed by atoms with Gasteiger partial charge in [-0.1, -0.05) is 6.92 Å². The van der Waals surface area contributed by atoms with Gasteiger partial charge in [-0.05, 0) is 30.2 Å². The van der Waals surface area contributed by atoms with E-state index in [-0.39, 0.29) is 10.8 Å². The highest BCUT2D eigenvalue weighted by atomic mass is 32.2. The lowest BCUT2D eigenvalue weighted by molar-refractivity contribution is 0.164. The molecule has 0 bridgehead atoms. The van der Waals surface area contributed by atoms with Gasteiger partial charge >= 0.3 is 5.76 Å². The number of benzene rings is 1. The summed E-state index contributed by atoms with van der Waals surface area (Å²) >= 11 is 0. The molecule has 0 fully saturated rings. The number of sulfone groups is 1. The van der Waals surface area contributed by atoms with Gasteiger partial charge in [-0.25, -0.2) is 8.42 Å². The number of methoxy groups -OCH3 is 1. The van der Waals surface area contributed by atoms with Crippen molar-refractivity contribution in [3.63, 3.8) is 0 Å². The third kappa shape index (κ3) is 4.43. The fraction of sp³-hybridized carbons (Fsp3) is 0.500. The van der Waals surface area contributed by atoms with Gasteiger partial charge in [-0.15, -0.1) is 0 Å². The molecule has 19 heavy (non-hydrogen) atoms. The molecular formula is C12H17F2NO3S. The summed E-state index contributed by atoms with van der Waals surface area (Å²) in [5, 5.41) is 3.07. The average molecular weight is 293 g/mol. The van der Waals surface area contributed by atoms with E-state index in [4.69, 9.17) is 4.74 Å². The molecule has 108 valence electrons. The molecule has 1 rings (SSSR count). The summed E-state index contributed by atoms with van der Waals surface area (Å²) in [4.78, 5) is -0.377. The molecule has 0 saturated heterocycles. The van der Waals surface area contributed by atoms with E-state index in [1.807, 2.05) is 6.92 Å². The third-order valence-electron chi connectivity index (χ3n) is 2.52. The molecule has 1 N–H and O–H groups in total. The molecule has 0 aromatic heterocycles. The lowest BCUT2D eigenvalue weighted by atomic mass is 10.2. The zero-order valence-electron chi connectivity index (χ0n) is 10.8. The highest BCUT2D eigenvalue weighted by Crippen LogP contribution is 2.20.